The van der Waals surface area contributed by atoms with Crippen LogP contribution in [0.3, 0.4) is 0 Å². The zero-order valence-corrected chi connectivity index (χ0v) is 12.9. The summed E-state index contributed by atoms with van der Waals surface area (Å²) < 4.78 is 0.778. The average molecular weight is 361 g/mol. The molecular weight excluding hydrogens is 350 g/mol. The van der Waals surface area contributed by atoms with Gasteiger partial charge in [0.25, 0.3) is 5.91 Å². The van der Waals surface area contributed by atoms with E-state index in [1.165, 1.54) is 11.3 Å². The lowest BCUT2D eigenvalue weighted by Crippen LogP contribution is -2.28. The third-order valence-corrected chi connectivity index (χ3v) is 4.08. The molecule has 1 unspecified atom stereocenters. The fourth-order valence-corrected chi connectivity index (χ4v) is 2.81. The van der Waals surface area contributed by atoms with Gasteiger partial charge in [0.05, 0.1) is 16.7 Å². The van der Waals surface area contributed by atoms with Crippen molar-refractivity contribution in [2.75, 3.05) is 6.54 Å². The third-order valence-electron chi connectivity index (χ3n) is 2.56. The molecule has 0 saturated carbocycles. The molecule has 0 radical (unpaired) electrons. The van der Waals surface area contributed by atoms with Crippen molar-refractivity contribution < 1.29 is 9.90 Å². The van der Waals surface area contributed by atoms with E-state index in [-0.39, 0.29) is 12.5 Å². The molecule has 0 aliphatic rings. The monoisotopic (exact) mass is 359 g/mol. The van der Waals surface area contributed by atoms with Crippen LogP contribution < -0.4 is 5.32 Å². The van der Waals surface area contributed by atoms with Crippen molar-refractivity contribution in [2.45, 2.75) is 6.10 Å². The lowest BCUT2D eigenvalue weighted by atomic mass is 10.2. The molecular formula is C13H11BrClNO2S. The van der Waals surface area contributed by atoms with Crippen molar-refractivity contribution in [3.63, 3.8) is 0 Å². The fourth-order valence-electron chi connectivity index (χ4n) is 1.54. The Hall–Kier alpha value is -0.880. The number of halogens is 2. The Labute approximate surface area is 128 Å². The second-order valence-corrected chi connectivity index (χ2v) is 6.01. The highest BCUT2D eigenvalue weighted by Crippen LogP contribution is 2.21. The van der Waals surface area contributed by atoms with E-state index in [4.69, 9.17) is 11.6 Å². The van der Waals surface area contributed by atoms with Gasteiger partial charge in [0.15, 0.2) is 0 Å². The minimum Gasteiger partial charge on any atom is -0.387 e. The van der Waals surface area contributed by atoms with E-state index in [1.54, 1.807) is 18.2 Å². The molecule has 100 valence electrons. The van der Waals surface area contributed by atoms with E-state index in [9.17, 15) is 9.90 Å². The molecule has 1 amide bonds. The number of hydrogen-bond acceptors (Lipinski definition) is 3. The number of amides is 1. The smallest absolute Gasteiger partial charge is 0.252 e. The van der Waals surface area contributed by atoms with Crippen molar-refractivity contribution in [3.05, 3.63) is 55.6 Å². The molecule has 1 aromatic heterocycles. The highest BCUT2D eigenvalue weighted by molar-refractivity contribution is 9.10. The van der Waals surface area contributed by atoms with Gasteiger partial charge in [-0.3, -0.25) is 4.79 Å². The summed E-state index contributed by atoms with van der Waals surface area (Å²) in [5.41, 5.74) is 1.18. The first-order valence-corrected chi connectivity index (χ1v) is 7.62. The molecule has 0 bridgehead atoms. The van der Waals surface area contributed by atoms with Gasteiger partial charge in [0, 0.05) is 11.0 Å². The Morgan fingerprint density at radius 1 is 1.47 bits per heavy atom. The van der Waals surface area contributed by atoms with E-state index in [0.29, 0.717) is 10.6 Å². The Kier molecular flexibility index (Phi) is 4.99. The molecule has 19 heavy (non-hydrogen) atoms. The summed E-state index contributed by atoms with van der Waals surface area (Å²) in [5.74, 6) is -0.305. The van der Waals surface area contributed by atoms with E-state index < -0.39 is 6.10 Å². The van der Waals surface area contributed by atoms with Gasteiger partial charge in [-0.15, -0.1) is 0 Å². The molecule has 2 N–H and O–H groups in total. The topological polar surface area (TPSA) is 49.3 Å². The maximum Gasteiger partial charge on any atom is 0.252 e. The van der Waals surface area contributed by atoms with E-state index in [2.05, 4.69) is 21.2 Å². The summed E-state index contributed by atoms with van der Waals surface area (Å²) in [4.78, 5) is 12.0. The van der Waals surface area contributed by atoms with Gasteiger partial charge in [-0.2, -0.15) is 11.3 Å². The predicted molar refractivity (Wildman–Crippen MR) is 80.8 cm³/mol. The number of thiophene rings is 1. The maximum absolute atomic E-state index is 12.0. The number of carbonyl (C=O) groups excluding carboxylic acids is 1. The molecule has 0 saturated heterocycles. The van der Waals surface area contributed by atoms with Crippen LogP contribution in [0, 0.1) is 0 Å². The van der Waals surface area contributed by atoms with Gasteiger partial charge in [-0.25, -0.2) is 0 Å². The Morgan fingerprint density at radius 3 is 2.95 bits per heavy atom. The first-order chi connectivity index (χ1) is 9.08. The minimum absolute atomic E-state index is 0.151. The molecule has 0 spiro atoms. The highest BCUT2D eigenvalue weighted by Gasteiger charge is 2.13. The van der Waals surface area contributed by atoms with Gasteiger partial charge < -0.3 is 10.4 Å². The van der Waals surface area contributed by atoms with Crippen LogP contribution in [-0.2, 0) is 0 Å². The van der Waals surface area contributed by atoms with Crippen LogP contribution >= 0.6 is 38.9 Å². The number of benzene rings is 1. The summed E-state index contributed by atoms with van der Waals surface area (Å²) in [6.07, 6.45) is -0.707. The Morgan fingerprint density at radius 2 is 2.26 bits per heavy atom. The van der Waals surface area contributed by atoms with Crippen molar-refractivity contribution >= 4 is 44.8 Å². The standard InChI is InChI=1S/C13H11BrClNO2S/c14-9-1-2-11(15)10(5-9)13(18)16-6-12(17)8-3-4-19-7-8/h1-5,7,12,17H,6H2,(H,16,18). The molecule has 1 aromatic carbocycles. The first-order valence-electron chi connectivity index (χ1n) is 5.51. The van der Waals surface area contributed by atoms with E-state index in [0.717, 1.165) is 10.0 Å². The molecule has 2 aromatic rings. The lowest BCUT2D eigenvalue weighted by Gasteiger charge is -2.11. The molecule has 2 rings (SSSR count). The van der Waals surface area contributed by atoms with Crippen molar-refractivity contribution in [3.8, 4) is 0 Å². The van der Waals surface area contributed by atoms with E-state index >= 15 is 0 Å². The van der Waals surface area contributed by atoms with Gasteiger partial charge in [0.1, 0.15) is 0 Å². The highest BCUT2D eigenvalue weighted by atomic mass is 79.9. The quantitative estimate of drug-likeness (QED) is 0.875. The molecule has 1 heterocycles. The largest absolute Gasteiger partial charge is 0.387 e. The van der Waals surface area contributed by atoms with Crippen molar-refractivity contribution in [2.24, 2.45) is 0 Å². The lowest BCUT2D eigenvalue weighted by molar-refractivity contribution is 0.0916. The number of nitrogens with one attached hydrogen (secondary N) is 1. The first kappa shape index (κ1) is 14.5. The summed E-state index contributed by atoms with van der Waals surface area (Å²) in [5, 5.41) is 16.7. The van der Waals surface area contributed by atoms with Gasteiger partial charge in [0.2, 0.25) is 0 Å². The third kappa shape index (κ3) is 3.79. The van der Waals surface area contributed by atoms with Crippen LogP contribution in [0.2, 0.25) is 5.02 Å². The van der Waals surface area contributed by atoms with E-state index in [1.807, 2.05) is 16.8 Å². The number of aliphatic hydroxyl groups excluding tert-OH is 1. The zero-order valence-electron chi connectivity index (χ0n) is 9.77. The van der Waals surface area contributed by atoms with Gasteiger partial charge >= 0.3 is 0 Å². The van der Waals surface area contributed by atoms with Crippen molar-refractivity contribution in [1.29, 1.82) is 0 Å². The number of rotatable bonds is 4. The van der Waals surface area contributed by atoms with Gasteiger partial charge in [-0.05, 0) is 40.6 Å². The van der Waals surface area contributed by atoms with Crippen LogP contribution in [0.15, 0.2) is 39.5 Å². The van der Waals surface area contributed by atoms with Gasteiger partial charge in [-0.1, -0.05) is 27.5 Å². The van der Waals surface area contributed by atoms with Crippen LogP contribution in [0.1, 0.15) is 22.0 Å². The summed E-state index contributed by atoms with van der Waals surface area (Å²) >= 11 is 10.8. The zero-order chi connectivity index (χ0) is 13.8. The van der Waals surface area contributed by atoms with Crippen LogP contribution in [-0.4, -0.2) is 17.6 Å². The Balaban J connectivity index is 2.00. The number of aliphatic hydroxyl groups is 1. The molecule has 0 aliphatic heterocycles. The van der Waals surface area contributed by atoms with Crippen LogP contribution in [0.4, 0.5) is 0 Å². The van der Waals surface area contributed by atoms with Crippen molar-refractivity contribution in [1.82, 2.24) is 5.32 Å². The van der Waals surface area contributed by atoms with Crippen LogP contribution in [0.25, 0.3) is 0 Å². The fraction of sp³-hybridized carbons (Fsp3) is 0.154. The van der Waals surface area contributed by atoms with Crippen LogP contribution in [0.5, 0.6) is 0 Å². The number of hydrogen-bond donors (Lipinski definition) is 2. The normalized spacial score (nSPS) is 12.2. The maximum atomic E-state index is 12.0. The minimum atomic E-state index is -0.707. The molecule has 0 aliphatic carbocycles. The second kappa shape index (κ2) is 6.52. The average Bonchev–Trinajstić information content (AvgIpc) is 2.92. The number of carbonyl (C=O) groups is 1. The summed E-state index contributed by atoms with van der Waals surface area (Å²) in [7, 11) is 0. The molecule has 3 nitrogen and oxygen atoms in total. The summed E-state index contributed by atoms with van der Waals surface area (Å²) in [6.45, 7) is 0.151. The molecule has 0 fully saturated rings. The molecule has 6 heteroatoms. The second-order valence-electron chi connectivity index (χ2n) is 3.91. The predicted octanol–water partition coefficient (Wildman–Crippen LogP) is 3.63. The molecule has 1 atom stereocenters. The SMILES string of the molecule is O=C(NCC(O)c1ccsc1)c1cc(Br)ccc1Cl. The Bertz CT molecular complexity index is 574. The summed E-state index contributed by atoms with van der Waals surface area (Å²) in [6, 6.07) is 6.89.